The van der Waals surface area contributed by atoms with E-state index in [1.54, 1.807) is 6.20 Å². The molecule has 2 aromatic rings. The molecular formula is C17H21NO. The molecule has 2 rings (SSSR count). The Morgan fingerprint density at radius 3 is 2.37 bits per heavy atom. The van der Waals surface area contributed by atoms with Crippen molar-refractivity contribution in [3.05, 3.63) is 53.3 Å². The van der Waals surface area contributed by atoms with Crippen LogP contribution in [0.25, 0.3) is 11.1 Å². The van der Waals surface area contributed by atoms with E-state index in [0.29, 0.717) is 0 Å². The van der Waals surface area contributed by atoms with Crippen molar-refractivity contribution in [2.24, 2.45) is 0 Å². The fourth-order valence-electron chi connectivity index (χ4n) is 2.32. The highest BCUT2D eigenvalue weighted by Crippen LogP contribution is 2.28. The first-order valence-corrected chi connectivity index (χ1v) is 6.90. The Morgan fingerprint density at radius 2 is 1.74 bits per heavy atom. The van der Waals surface area contributed by atoms with E-state index in [0.717, 1.165) is 30.4 Å². The second-order valence-corrected chi connectivity index (χ2v) is 4.96. The highest BCUT2D eigenvalue weighted by molar-refractivity contribution is 5.70. The molecule has 1 N–H and O–H groups in total. The lowest BCUT2D eigenvalue weighted by atomic mass is 9.94. The molecule has 2 nitrogen and oxygen atoms in total. The lowest BCUT2D eigenvalue weighted by Crippen LogP contribution is -1.98. The first-order chi connectivity index (χ1) is 9.26. The van der Waals surface area contributed by atoms with Gasteiger partial charge in [-0.15, -0.1) is 0 Å². The third-order valence-electron chi connectivity index (χ3n) is 3.41. The van der Waals surface area contributed by atoms with Crippen LogP contribution in [0.4, 0.5) is 0 Å². The molecule has 1 heterocycles. The molecule has 1 aromatic heterocycles. The van der Waals surface area contributed by atoms with Crippen molar-refractivity contribution in [1.29, 1.82) is 0 Å². The number of pyridine rings is 1. The minimum absolute atomic E-state index is 0.0379. The Kier molecular flexibility index (Phi) is 4.69. The molecule has 100 valence electrons. The number of benzene rings is 1. The molecule has 0 atom stereocenters. The highest BCUT2D eigenvalue weighted by atomic mass is 16.3. The molecule has 0 radical (unpaired) electrons. The van der Waals surface area contributed by atoms with Gasteiger partial charge in [0.2, 0.25) is 0 Å². The van der Waals surface area contributed by atoms with Gasteiger partial charge in [0.15, 0.2) is 0 Å². The molecule has 0 aliphatic carbocycles. The van der Waals surface area contributed by atoms with Crippen molar-refractivity contribution in [3.63, 3.8) is 0 Å². The van der Waals surface area contributed by atoms with Crippen molar-refractivity contribution in [1.82, 2.24) is 4.98 Å². The SMILES string of the molecule is CCCCc1cncc(CO)c1-c1ccc(C)cc1. The quantitative estimate of drug-likeness (QED) is 0.879. The van der Waals surface area contributed by atoms with E-state index in [1.807, 2.05) is 6.20 Å². The van der Waals surface area contributed by atoms with Crippen molar-refractivity contribution in [2.75, 3.05) is 0 Å². The number of hydrogen-bond donors (Lipinski definition) is 1. The second kappa shape index (κ2) is 6.48. The fraction of sp³-hybridized carbons (Fsp3) is 0.353. The third-order valence-corrected chi connectivity index (χ3v) is 3.41. The van der Waals surface area contributed by atoms with Crippen LogP contribution in [-0.4, -0.2) is 10.1 Å². The monoisotopic (exact) mass is 255 g/mol. The molecule has 0 aliphatic heterocycles. The summed E-state index contributed by atoms with van der Waals surface area (Å²) in [6.07, 6.45) is 7.03. The maximum atomic E-state index is 9.54. The predicted octanol–water partition coefficient (Wildman–Crippen LogP) is 3.89. The van der Waals surface area contributed by atoms with Gasteiger partial charge in [-0.1, -0.05) is 43.2 Å². The second-order valence-electron chi connectivity index (χ2n) is 4.96. The molecule has 19 heavy (non-hydrogen) atoms. The van der Waals surface area contributed by atoms with Gasteiger partial charge in [-0.2, -0.15) is 0 Å². The van der Waals surface area contributed by atoms with E-state index in [9.17, 15) is 5.11 Å². The Bertz CT molecular complexity index is 531. The summed E-state index contributed by atoms with van der Waals surface area (Å²) in [5, 5.41) is 9.54. The zero-order valence-corrected chi connectivity index (χ0v) is 11.7. The Balaban J connectivity index is 2.48. The summed E-state index contributed by atoms with van der Waals surface area (Å²) < 4.78 is 0. The molecule has 0 fully saturated rings. The van der Waals surface area contributed by atoms with Crippen LogP contribution in [0.1, 0.15) is 36.5 Å². The smallest absolute Gasteiger partial charge is 0.0703 e. The molecule has 2 heteroatoms. The van der Waals surface area contributed by atoms with Crippen molar-refractivity contribution in [2.45, 2.75) is 39.7 Å². The molecule has 0 saturated carbocycles. The van der Waals surface area contributed by atoms with Crippen LogP contribution in [-0.2, 0) is 13.0 Å². The van der Waals surface area contributed by atoms with Crippen LogP contribution in [0.3, 0.4) is 0 Å². The number of aliphatic hydroxyl groups is 1. The molecule has 0 aliphatic rings. The van der Waals surface area contributed by atoms with Crippen LogP contribution in [0, 0.1) is 6.92 Å². The van der Waals surface area contributed by atoms with Crippen LogP contribution in [0.5, 0.6) is 0 Å². The number of aromatic nitrogens is 1. The van der Waals surface area contributed by atoms with E-state index in [1.165, 1.54) is 16.7 Å². The minimum atomic E-state index is 0.0379. The third kappa shape index (κ3) is 3.21. The lowest BCUT2D eigenvalue weighted by Gasteiger charge is -2.13. The van der Waals surface area contributed by atoms with Gasteiger partial charge in [-0.3, -0.25) is 4.98 Å². The fourth-order valence-corrected chi connectivity index (χ4v) is 2.32. The van der Waals surface area contributed by atoms with Gasteiger partial charge in [0.25, 0.3) is 0 Å². The van der Waals surface area contributed by atoms with E-state index in [2.05, 4.69) is 43.1 Å². The van der Waals surface area contributed by atoms with E-state index >= 15 is 0 Å². The average molecular weight is 255 g/mol. The number of rotatable bonds is 5. The summed E-state index contributed by atoms with van der Waals surface area (Å²) in [5.74, 6) is 0. The van der Waals surface area contributed by atoms with Gasteiger partial charge in [-0.25, -0.2) is 0 Å². The molecule has 1 aromatic carbocycles. The number of aliphatic hydroxyl groups excluding tert-OH is 1. The molecule has 0 saturated heterocycles. The predicted molar refractivity (Wildman–Crippen MR) is 78.9 cm³/mol. The van der Waals surface area contributed by atoms with Gasteiger partial charge < -0.3 is 5.11 Å². The summed E-state index contributed by atoms with van der Waals surface area (Å²) in [5.41, 5.74) is 5.72. The number of unbranched alkanes of at least 4 members (excludes halogenated alkanes) is 1. The Hall–Kier alpha value is -1.67. The van der Waals surface area contributed by atoms with Gasteiger partial charge in [0.1, 0.15) is 0 Å². The normalized spacial score (nSPS) is 10.7. The average Bonchev–Trinajstić information content (AvgIpc) is 2.45. The summed E-state index contributed by atoms with van der Waals surface area (Å²) in [7, 11) is 0. The van der Waals surface area contributed by atoms with Gasteiger partial charge in [0.05, 0.1) is 6.61 Å². The van der Waals surface area contributed by atoms with E-state index in [4.69, 9.17) is 0 Å². The maximum absolute atomic E-state index is 9.54. The minimum Gasteiger partial charge on any atom is -0.392 e. The van der Waals surface area contributed by atoms with Gasteiger partial charge in [-0.05, 0) is 36.5 Å². The van der Waals surface area contributed by atoms with Crippen molar-refractivity contribution < 1.29 is 5.11 Å². The maximum Gasteiger partial charge on any atom is 0.0703 e. The standard InChI is InChI=1S/C17H21NO/c1-3-4-5-15-10-18-11-16(12-19)17(15)14-8-6-13(2)7-9-14/h6-11,19H,3-5,12H2,1-2H3. The molecular weight excluding hydrogens is 234 g/mol. The van der Waals surface area contributed by atoms with Crippen LogP contribution < -0.4 is 0 Å². The summed E-state index contributed by atoms with van der Waals surface area (Å²) in [6.45, 7) is 4.31. The highest BCUT2D eigenvalue weighted by Gasteiger charge is 2.10. The molecule has 0 amide bonds. The van der Waals surface area contributed by atoms with Crippen LogP contribution in [0.2, 0.25) is 0 Å². The van der Waals surface area contributed by atoms with Crippen LogP contribution in [0.15, 0.2) is 36.7 Å². The molecule has 0 unspecified atom stereocenters. The summed E-state index contributed by atoms with van der Waals surface area (Å²) in [4.78, 5) is 4.25. The first kappa shape index (κ1) is 13.8. The number of hydrogen-bond acceptors (Lipinski definition) is 2. The van der Waals surface area contributed by atoms with Gasteiger partial charge in [0, 0.05) is 18.0 Å². The Morgan fingerprint density at radius 1 is 1.05 bits per heavy atom. The largest absolute Gasteiger partial charge is 0.392 e. The first-order valence-electron chi connectivity index (χ1n) is 6.90. The zero-order chi connectivity index (χ0) is 13.7. The summed E-state index contributed by atoms with van der Waals surface area (Å²) in [6, 6.07) is 8.47. The van der Waals surface area contributed by atoms with Gasteiger partial charge >= 0.3 is 0 Å². The van der Waals surface area contributed by atoms with Crippen LogP contribution >= 0.6 is 0 Å². The lowest BCUT2D eigenvalue weighted by molar-refractivity contribution is 0.282. The number of nitrogens with zero attached hydrogens (tertiary/aromatic N) is 1. The van der Waals surface area contributed by atoms with E-state index in [-0.39, 0.29) is 6.61 Å². The summed E-state index contributed by atoms with van der Waals surface area (Å²) >= 11 is 0. The zero-order valence-electron chi connectivity index (χ0n) is 11.7. The number of aryl methyl sites for hydroxylation is 2. The Labute approximate surface area is 115 Å². The molecule has 0 spiro atoms. The van der Waals surface area contributed by atoms with E-state index < -0.39 is 0 Å². The molecule has 0 bridgehead atoms. The topological polar surface area (TPSA) is 33.1 Å². The van der Waals surface area contributed by atoms with Crippen molar-refractivity contribution >= 4 is 0 Å². The van der Waals surface area contributed by atoms with Crippen molar-refractivity contribution in [3.8, 4) is 11.1 Å².